The van der Waals surface area contributed by atoms with Gasteiger partial charge in [0.25, 0.3) is 0 Å². The minimum atomic E-state index is -1.07. The van der Waals surface area contributed by atoms with Crippen LogP contribution in [0, 0.1) is 0 Å². The molecule has 0 spiro atoms. The third-order valence-electron chi connectivity index (χ3n) is 4.32. The molecule has 1 aromatic heterocycles. The van der Waals surface area contributed by atoms with Crippen LogP contribution in [-0.2, 0) is 0 Å². The van der Waals surface area contributed by atoms with Crippen molar-refractivity contribution in [3.8, 4) is 0 Å². The molecule has 1 aromatic carbocycles. The number of rotatable bonds is 4. The van der Waals surface area contributed by atoms with E-state index in [1.807, 2.05) is 37.4 Å². The standard InChI is InChI=1S/C18H21N3O3/c1-21-11-9-18(23,10-12-21)16(14-6-3-2-4-7-14)19-20-17(22)15-8-5-13-24-15/h2-8,13,23H,9-12H2,1H3,(H,20,22). The molecule has 2 N–H and O–H groups in total. The van der Waals surface area contributed by atoms with Gasteiger partial charge in [-0.2, -0.15) is 5.10 Å². The van der Waals surface area contributed by atoms with Crippen molar-refractivity contribution in [2.45, 2.75) is 18.4 Å². The lowest BCUT2D eigenvalue weighted by molar-refractivity contribution is 0.0437. The number of hydrogen-bond donors (Lipinski definition) is 2. The minimum absolute atomic E-state index is 0.182. The van der Waals surface area contributed by atoms with E-state index in [1.165, 1.54) is 6.26 Å². The Labute approximate surface area is 140 Å². The smallest absolute Gasteiger partial charge is 0.307 e. The molecular formula is C18H21N3O3. The predicted octanol–water partition coefficient (Wildman–Crippen LogP) is 1.87. The van der Waals surface area contributed by atoms with Crippen LogP contribution in [-0.4, -0.2) is 47.4 Å². The van der Waals surface area contributed by atoms with Gasteiger partial charge in [-0.05, 0) is 32.0 Å². The highest BCUT2D eigenvalue weighted by molar-refractivity contribution is 6.07. The molecule has 0 saturated carbocycles. The first-order valence-electron chi connectivity index (χ1n) is 7.97. The van der Waals surface area contributed by atoms with Crippen molar-refractivity contribution in [3.63, 3.8) is 0 Å². The van der Waals surface area contributed by atoms with Crippen LogP contribution < -0.4 is 5.43 Å². The molecule has 0 atom stereocenters. The number of nitrogens with one attached hydrogen (secondary N) is 1. The number of benzene rings is 1. The van der Waals surface area contributed by atoms with Gasteiger partial charge in [0, 0.05) is 18.7 Å². The van der Waals surface area contributed by atoms with Crippen molar-refractivity contribution >= 4 is 11.6 Å². The average Bonchev–Trinajstić information content (AvgIpc) is 3.13. The van der Waals surface area contributed by atoms with Crippen molar-refractivity contribution in [2.24, 2.45) is 5.10 Å². The number of furan rings is 1. The third-order valence-corrected chi connectivity index (χ3v) is 4.32. The molecule has 0 radical (unpaired) electrons. The topological polar surface area (TPSA) is 78.1 Å². The molecule has 0 unspecified atom stereocenters. The monoisotopic (exact) mass is 327 g/mol. The van der Waals surface area contributed by atoms with Gasteiger partial charge in [-0.25, -0.2) is 5.43 Å². The van der Waals surface area contributed by atoms with Gasteiger partial charge >= 0.3 is 5.91 Å². The zero-order valence-corrected chi connectivity index (χ0v) is 13.6. The van der Waals surface area contributed by atoms with Crippen molar-refractivity contribution < 1.29 is 14.3 Å². The molecule has 6 heteroatoms. The Morgan fingerprint density at radius 2 is 1.92 bits per heavy atom. The second-order valence-electron chi connectivity index (χ2n) is 6.08. The number of likely N-dealkylation sites (tertiary alicyclic amines) is 1. The van der Waals surface area contributed by atoms with Crippen LogP contribution >= 0.6 is 0 Å². The molecule has 3 rings (SSSR count). The summed E-state index contributed by atoms with van der Waals surface area (Å²) in [4.78, 5) is 14.2. The summed E-state index contributed by atoms with van der Waals surface area (Å²) in [7, 11) is 2.03. The zero-order valence-electron chi connectivity index (χ0n) is 13.6. The van der Waals surface area contributed by atoms with Crippen LogP contribution in [0.15, 0.2) is 58.2 Å². The van der Waals surface area contributed by atoms with Crippen LogP contribution in [0.2, 0.25) is 0 Å². The molecule has 2 aromatic rings. The Morgan fingerprint density at radius 1 is 1.21 bits per heavy atom. The van der Waals surface area contributed by atoms with Crippen LogP contribution in [0.5, 0.6) is 0 Å². The average molecular weight is 327 g/mol. The van der Waals surface area contributed by atoms with Gasteiger partial charge in [-0.15, -0.1) is 0 Å². The number of carbonyl (C=O) groups is 1. The van der Waals surface area contributed by atoms with Gasteiger partial charge < -0.3 is 14.4 Å². The van der Waals surface area contributed by atoms with E-state index in [0.29, 0.717) is 18.6 Å². The second-order valence-corrected chi connectivity index (χ2v) is 6.08. The molecule has 1 aliphatic heterocycles. The van der Waals surface area contributed by atoms with Gasteiger partial charge in [0.05, 0.1) is 12.0 Å². The first kappa shape index (κ1) is 16.4. The maximum atomic E-state index is 12.1. The number of carbonyl (C=O) groups excluding carboxylic acids is 1. The Balaban J connectivity index is 1.88. The maximum Gasteiger partial charge on any atom is 0.307 e. The highest BCUT2D eigenvalue weighted by atomic mass is 16.3. The number of hydrazone groups is 1. The lowest BCUT2D eigenvalue weighted by Gasteiger charge is -2.37. The maximum absolute atomic E-state index is 12.1. The number of hydrogen-bond acceptors (Lipinski definition) is 5. The van der Waals surface area contributed by atoms with E-state index in [2.05, 4.69) is 15.4 Å². The van der Waals surface area contributed by atoms with E-state index in [0.717, 1.165) is 18.7 Å². The molecule has 0 aliphatic carbocycles. The SMILES string of the molecule is CN1CCC(O)(C(=NNC(=O)c2ccco2)c2ccccc2)CC1. The van der Waals surface area contributed by atoms with Crippen molar-refractivity contribution in [1.29, 1.82) is 0 Å². The molecule has 126 valence electrons. The van der Waals surface area contributed by atoms with Crippen LogP contribution in [0.4, 0.5) is 0 Å². The summed E-state index contributed by atoms with van der Waals surface area (Å²) in [6.45, 7) is 1.54. The van der Waals surface area contributed by atoms with Crippen molar-refractivity contribution in [1.82, 2.24) is 10.3 Å². The van der Waals surface area contributed by atoms with Crippen LogP contribution in [0.1, 0.15) is 29.0 Å². The fourth-order valence-corrected chi connectivity index (χ4v) is 2.83. The quantitative estimate of drug-likeness (QED) is 0.664. The number of nitrogens with zero attached hydrogens (tertiary/aromatic N) is 2. The number of piperidine rings is 1. The molecule has 6 nitrogen and oxygen atoms in total. The molecule has 2 heterocycles. The molecule has 1 aliphatic rings. The van der Waals surface area contributed by atoms with E-state index in [-0.39, 0.29) is 5.76 Å². The number of amides is 1. The largest absolute Gasteiger partial charge is 0.459 e. The summed E-state index contributed by atoms with van der Waals surface area (Å²) in [6.07, 6.45) is 2.56. The van der Waals surface area contributed by atoms with Crippen molar-refractivity contribution in [3.05, 3.63) is 60.1 Å². The first-order valence-corrected chi connectivity index (χ1v) is 7.97. The van der Waals surface area contributed by atoms with Gasteiger partial charge in [0.1, 0.15) is 5.60 Å². The summed E-state index contributed by atoms with van der Waals surface area (Å²) < 4.78 is 5.07. The Bertz CT molecular complexity index is 702. The highest BCUT2D eigenvalue weighted by Gasteiger charge is 2.37. The second kappa shape index (κ2) is 6.98. The summed E-state index contributed by atoms with van der Waals surface area (Å²) >= 11 is 0. The molecule has 0 bridgehead atoms. The normalized spacial score (nSPS) is 18.3. The van der Waals surface area contributed by atoms with Crippen LogP contribution in [0.3, 0.4) is 0 Å². The Kier molecular flexibility index (Phi) is 4.78. The summed E-state index contributed by atoms with van der Waals surface area (Å²) in [5.74, 6) is -0.258. The fraction of sp³-hybridized carbons (Fsp3) is 0.333. The molecule has 1 amide bonds. The Morgan fingerprint density at radius 3 is 2.54 bits per heavy atom. The van der Waals surface area contributed by atoms with Gasteiger partial charge in [-0.1, -0.05) is 30.3 Å². The molecular weight excluding hydrogens is 306 g/mol. The van der Waals surface area contributed by atoms with Crippen molar-refractivity contribution in [2.75, 3.05) is 20.1 Å². The summed E-state index contributed by atoms with van der Waals surface area (Å²) in [5.41, 5.74) is 2.71. The van der Waals surface area contributed by atoms with E-state index >= 15 is 0 Å². The number of aliphatic hydroxyl groups is 1. The molecule has 1 saturated heterocycles. The highest BCUT2D eigenvalue weighted by Crippen LogP contribution is 2.26. The fourth-order valence-electron chi connectivity index (χ4n) is 2.83. The Hall–Kier alpha value is -2.44. The van der Waals surface area contributed by atoms with Gasteiger partial charge in [0.2, 0.25) is 0 Å². The zero-order chi connectivity index (χ0) is 17.0. The lowest BCUT2D eigenvalue weighted by atomic mass is 9.83. The van der Waals surface area contributed by atoms with E-state index < -0.39 is 11.5 Å². The van der Waals surface area contributed by atoms with Crippen LogP contribution in [0.25, 0.3) is 0 Å². The summed E-state index contributed by atoms with van der Waals surface area (Å²) in [5, 5.41) is 15.4. The summed E-state index contributed by atoms with van der Waals surface area (Å²) in [6, 6.07) is 12.6. The minimum Gasteiger partial charge on any atom is -0.459 e. The first-order chi connectivity index (χ1) is 11.6. The molecule has 24 heavy (non-hydrogen) atoms. The van der Waals surface area contributed by atoms with Gasteiger partial charge in [0.15, 0.2) is 5.76 Å². The van der Waals surface area contributed by atoms with E-state index in [1.54, 1.807) is 12.1 Å². The lowest BCUT2D eigenvalue weighted by Crippen LogP contribution is -2.49. The predicted molar refractivity (Wildman–Crippen MR) is 90.8 cm³/mol. The van der Waals surface area contributed by atoms with E-state index in [4.69, 9.17) is 4.42 Å². The van der Waals surface area contributed by atoms with E-state index in [9.17, 15) is 9.90 Å². The van der Waals surface area contributed by atoms with Gasteiger partial charge in [-0.3, -0.25) is 4.79 Å². The molecule has 1 fully saturated rings. The third kappa shape index (κ3) is 3.55.